The summed E-state index contributed by atoms with van der Waals surface area (Å²) in [6.07, 6.45) is 8.35. The maximum atomic E-state index is 14.2. The summed E-state index contributed by atoms with van der Waals surface area (Å²) in [4.78, 5) is 0. The van der Waals surface area contributed by atoms with Crippen molar-refractivity contribution in [2.24, 2.45) is 0 Å². The molecule has 0 aliphatic carbocycles. The predicted molar refractivity (Wildman–Crippen MR) is 124 cm³/mol. The summed E-state index contributed by atoms with van der Waals surface area (Å²) in [5.74, 6) is -1.76. The van der Waals surface area contributed by atoms with Gasteiger partial charge in [0.25, 0.3) is 0 Å². The van der Waals surface area contributed by atoms with Gasteiger partial charge in [-0.2, -0.15) is 0 Å². The normalized spacial score (nSPS) is 12.8. The van der Waals surface area contributed by atoms with Gasteiger partial charge in [0.1, 0.15) is 11.6 Å². The fraction of sp³-hybridized carbons (Fsp3) is 0.556. The number of benzene rings is 2. The third-order valence-electron chi connectivity index (χ3n) is 5.90. The molecular weight excluding hydrogens is 394 g/mol. The van der Waals surface area contributed by atoms with Crippen LogP contribution in [0.3, 0.4) is 0 Å². The van der Waals surface area contributed by atoms with Gasteiger partial charge in [0.2, 0.25) is 0 Å². The van der Waals surface area contributed by atoms with Crippen molar-refractivity contribution in [2.45, 2.75) is 84.3 Å². The summed E-state index contributed by atoms with van der Waals surface area (Å²) in [5, 5.41) is 0. The van der Waals surface area contributed by atoms with E-state index in [0.29, 0.717) is 18.8 Å². The van der Waals surface area contributed by atoms with Gasteiger partial charge in [0.15, 0.2) is 5.79 Å². The third kappa shape index (κ3) is 7.40. The van der Waals surface area contributed by atoms with Crippen molar-refractivity contribution in [3.8, 4) is 11.1 Å². The molecule has 0 radical (unpaired) electrons. The van der Waals surface area contributed by atoms with Gasteiger partial charge in [-0.1, -0.05) is 69.7 Å². The summed E-state index contributed by atoms with van der Waals surface area (Å²) in [5.41, 5.74) is 2.25. The predicted octanol–water partition coefficient (Wildman–Crippen LogP) is 8.26. The molecule has 2 aromatic carbocycles. The van der Waals surface area contributed by atoms with Gasteiger partial charge in [0, 0.05) is 30.8 Å². The van der Waals surface area contributed by atoms with E-state index in [4.69, 9.17) is 9.47 Å². The molecule has 1 unspecified atom stereocenters. The maximum absolute atomic E-state index is 14.2. The minimum absolute atomic E-state index is 0.0747. The van der Waals surface area contributed by atoms with Crippen LogP contribution in [0.5, 0.6) is 0 Å². The molecule has 0 aromatic heterocycles. The fourth-order valence-corrected chi connectivity index (χ4v) is 4.30. The highest BCUT2D eigenvalue weighted by Crippen LogP contribution is 2.38. The lowest BCUT2D eigenvalue weighted by molar-refractivity contribution is -0.236. The summed E-state index contributed by atoms with van der Waals surface area (Å²) in [7, 11) is 0. The van der Waals surface area contributed by atoms with E-state index in [2.05, 4.69) is 6.92 Å². The molecule has 0 amide bonds. The molecule has 0 fully saturated rings. The molecule has 0 saturated carbocycles. The maximum Gasteiger partial charge on any atom is 0.172 e. The molecule has 1 atom stereocenters. The average molecular weight is 433 g/mol. The Kier molecular flexibility index (Phi) is 10.6. The lowest BCUT2D eigenvalue weighted by Crippen LogP contribution is -2.39. The van der Waals surface area contributed by atoms with Gasteiger partial charge in [0.05, 0.1) is 0 Å². The van der Waals surface area contributed by atoms with Gasteiger partial charge >= 0.3 is 0 Å². The summed E-state index contributed by atoms with van der Waals surface area (Å²) in [6.45, 7) is 9.37. The second-order valence-corrected chi connectivity index (χ2v) is 8.24. The molecule has 4 heteroatoms. The Morgan fingerprint density at radius 1 is 0.806 bits per heavy atom. The van der Waals surface area contributed by atoms with E-state index in [1.807, 2.05) is 45.0 Å². The number of unbranched alkanes of at least 4 members (excludes halogenated alkanes) is 5. The standard InChI is InChI=1S/C27H38F2O2/c1-5-8-9-10-11-12-13-25(27(4,30-6-2)31-7-3)22-16-14-21(15-17-22)24-19-18-23(28)20-26(24)29/h14-20,25H,5-13H2,1-4H3. The van der Waals surface area contributed by atoms with Crippen LogP contribution < -0.4 is 0 Å². The highest BCUT2D eigenvalue weighted by molar-refractivity contribution is 5.64. The molecule has 2 aromatic rings. The molecule has 0 aliphatic rings. The van der Waals surface area contributed by atoms with Crippen molar-refractivity contribution < 1.29 is 18.3 Å². The van der Waals surface area contributed by atoms with Crippen LogP contribution in [0.25, 0.3) is 11.1 Å². The van der Waals surface area contributed by atoms with E-state index < -0.39 is 17.4 Å². The molecule has 0 N–H and O–H groups in total. The van der Waals surface area contributed by atoms with Crippen molar-refractivity contribution in [3.05, 3.63) is 59.7 Å². The SMILES string of the molecule is CCCCCCCCC(c1ccc(-c2ccc(F)cc2F)cc1)C(C)(OCC)OCC. The van der Waals surface area contributed by atoms with Gasteiger partial charge in [-0.15, -0.1) is 0 Å². The minimum atomic E-state index is -0.713. The van der Waals surface area contributed by atoms with Crippen LogP contribution in [-0.4, -0.2) is 19.0 Å². The zero-order chi connectivity index (χ0) is 22.7. The topological polar surface area (TPSA) is 18.5 Å². The minimum Gasteiger partial charge on any atom is -0.350 e. The first-order valence-electron chi connectivity index (χ1n) is 11.8. The van der Waals surface area contributed by atoms with Gasteiger partial charge in [-0.3, -0.25) is 0 Å². The molecule has 0 bridgehead atoms. The summed E-state index contributed by atoms with van der Waals surface area (Å²) in [6, 6.07) is 11.5. The number of ether oxygens (including phenoxy) is 2. The highest BCUT2D eigenvalue weighted by atomic mass is 19.1. The molecular formula is C27H38F2O2. The number of hydrogen-bond donors (Lipinski definition) is 0. The Bertz CT molecular complexity index is 767. The van der Waals surface area contributed by atoms with Crippen molar-refractivity contribution in [2.75, 3.05) is 13.2 Å². The fourth-order valence-electron chi connectivity index (χ4n) is 4.30. The second-order valence-electron chi connectivity index (χ2n) is 8.24. The van der Waals surface area contributed by atoms with Crippen LogP contribution in [0.15, 0.2) is 42.5 Å². The highest BCUT2D eigenvalue weighted by Gasteiger charge is 2.36. The van der Waals surface area contributed by atoms with Crippen LogP contribution in [0, 0.1) is 11.6 Å². The Morgan fingerprint density at radius 2 is 1.42 bits per heavy atom. The molecule has 31 heavy (non-hydrogen) atoms. The summed E-state index contributed by atoms with van der Waals surface area (Å²) >= 11 is 0. The first kappa shape index (κ1) is 25.5. The Hall–Kier alpha value is -1.78. The number of hydrogen-bond acceptors (Lipinski definition) is 2. The molecule has 0 spiro atoms. The van der Waals surface area contributed by atoms with E-state index in [0.717, 1.165) is 30.0 Å². The van der Waals surface area contributed by atoms with E-state index in [1.54, 1.807) is 0 Å². The molecule has 0 aliphatic heterocycles. The average Bonchev–Trinajstić information content (AvgIpc) is 2.74. The van der Waals surface area contributed by atoms with Gasteiger partial charge in [-0.05, 0) is 50.5 Å². The van der Waals surface area contributed by atoms with Crippen LogP contribution >= 0.6 is 0 Å². The van der Waals surface area contributed by atoms with Crippen LogP contribution in [0.1, 0.15) is 84.1 Å². The quantitative estimate of drug-likeness (QED) is 0.221. The van der Waals surface area contributed by atoms with Crippen molar-refractivity contribution >= 4 is 0 Å². The molecule has 172 valence electrons. The molecule has 0 heterocycles. The van der Waals surface area contributed by atoms with E-state index in [1.165, 1.54) is 44.2 Å². The first-order valence-corrected chi connectivity index (χ1v) is 11.8. The molecule has 2 nitrogen and oxygen atoms in total. The van der Waals surface area contributed by atoms with Crippen LogP contribution in [-0.2, 0) is 9.47 Å². The monoisotopic (exact) mass is 432 g/mol. The lowest BCUT2D eigenvalue weighted by atomic mass is 9.85. The van der Waals surface area contributed by atoms with Crippen molar-refractivity contribution in [1.82, 2.24) is 0 Å². The van der Waals surface area contributed by atoms with Crippen molar-refractivity contribution in [3.63, 3.8) is 0 Å². The van der Waals surface area contributed by atoms with Crippen molar-refractivity contribution in [1.29, 1.82) is 0 Å². The summed E-state index contributed by atoms with van der Waals surface area (Å²) < 4.78 is 39.7. The van der Waals surface area contributed by atoms with E-state index in [-0.39, 0.29) is 5.92 Å². The molecule has 2 rings (SSSR count). The largest absolute Gasteiger partial charge is 0.350 e. The Balaban J connectivity index is 2.23. The Morgan fingerprint density at radius 3 is 2.00 bits per heavy atom. The zero-order valence-corrected chi connectivity index (χ0v) is 19.6. The zero-order valence-electron chi connectivity index (χ0n) is 19.6. The number of halogens is 2. The first-order chi connectivity index (χ1) is 14.9. The van der Waals surface area contributed by atoms with E-state index >= 15 is 0 Å². The smallest absolute Gasteiger partial charge is 0.172 e. The van der Waals surface area contributed by atoms with Crippen LogP contribution in [0.4, 0.5) is 8.78 Å². The van der Waals surface area contributed by atoms with E-state index in [9.17, 15) is 8.78 Å². The van der Waals surface area contributed by atoms with Crippen LogP contribution in [0.2, 0.25) is 0 Å². The molecule has 0 saturated heterocycles. The second kappa shape index (κ2) is 12.9. The third-order valence-corrected chi connectivity index (χ3v) is 5.90. The van der Waals surface area contributed by atoms with Gasteiger partial charge < -0.3 is 9.47 Å². The number of rotatable bonds is 14. The Labute approximate surface area is 187 Å². The lowest BCUT2D eigenvalue weighted by Gasteiger charge is -2.37. The van der Waals surface area contributed by atoms with Gasteiger partial charge in [-0.25, -0.2) is 8.78 Å².